The molecule has 1 aliphatic heterocycles. The minimum atomic E-state index is 0.194. The second-order valence-electron chi connectivity index (χ2n) is 5.90. The standard InChI is InChI=1S/C17H18N4O/c1-19-10-13(15-5-2-3-6-16(15)19)9-17(22)20-11-14(12-20)21-8-4-7-18-21/h2-8,10,14H,9,11-12H2,1H3. The molecule has 5 heteroatoms. The summed E-state index contributed by atoms with van der Waals surface area (Å²) in [5, 5.41) is 5.40. The number of benzene rings is 1. The third kappa shape index (κ3) is 2.09. The highest BCUT2D eigenvalue weighted by molar-refractivity contribution is 5.89. The molecule has 1 amide bonds. The van der Waals surface area contributed by atoms with E-state index in [9.17, 15) is 4.79 Å². The number of aromatic nitrogens is 3. The molecule has 1 saturated heterocycles. The van der Waals surface area contributed by atoms with Crippen LogP contribution in [0.5, 0.6) is 0 Å². The van der Waals surface area contributed by atoms with E-state index in [0.717, 1.165) is 18.7 Å². The predicted octanol–water partition coefficient (Wildman–Crippen LogP) is 2.00. The Morgan fingerprint density at radius 1 is 1.27 bits per heavy atom. The molecule has 0 bridgehead atoms. The van der Waals surface area contributed by atoms with Gasteiger partial charge in [-0.05, 0) is 17.7 Å². The van der Waals surface area contributed by atoms with Gasteiger partial charge in [-0.1, -0.05) is 18.2 Å². The minimum absolute atomic E-state index is 0.194. The zero-order valence-electron chi connectivity index (χ0n) is 12.5. The summed E-state index contributed by atoms with van der Waals surface area (Å²) in [5.41, 5.74) is 2.27. The van der Waals surface area contributed by atoms with Gasteiger partial charge in [-0.15, -0.1) is 0 Å². The molecule has 0 spiro atoms. The van der Waals surface area contributed by atoms with Crippen LogP contribution < -0.4 is 0 Å². The maximum atomic E-state index is 12.4. The molecule has 3 aromatic rings. The summed E-state index contributed by atoms with van der Waals surface area (Å²) in [6.45, 7) is 1.51. The number of nitrogens with zero attached hydrogens (tertiary/aromatic N) is 4. The topological polar surface area (TPSA) is 43.1 Å². The zero-order valence-corrected chi connectivity index (χ0v) is 12.5. The number of likely N-dealkylation sites (tertiary alicyclic amines) is 1. The smallest absolute Gasteiger partial charge is 0.227 e. The van der Waals surface area contributed by atoms with E-state index in [0.29, 0.717) is 12.5 Å². The van der Waals surface area contributed by atoms with Gasteiger partial charge in [-0.2, -0.15) is 5.10 Å². The Balaban J connectivity index is 1.46. The van der Waals surface area contributed by atoms with Gasteiger partial charge in [-0.25, -0.2) is 0 Å². The molecule has 2 aromatic heterocycles. The Kier molecular flexibility index (Phi) is 2.99. The van der Waals surface area contributed by atoms with E-state index < -0.39 is 0 Å². The van der Waals surface area contributed by atoms with Crippen LogP contribution in [0.25, 0.3) is 10.9 Å². The molecule has 0 radical (unpaired) electrons. The number of hydrogen-bond acceptors (Lipinski definition) is 2. The Morgan fingerprint density at radius 3 is 2.86 bits per heavy atom. The summed E-state index contributed by atoms with van der Waals surface area (Å²) in [5.74, 6) is 0.194. The van der Waals surface area contributed by atoms with Crippen LogP contribution >= 0.6 is 0 Å². The average Bonchev–Trinajstić information content (AvgIpc) is 3.08. The van der Waals surface area contributed by atoms with E-state index in [2.05, 4.69) is 28.0 Å². The van der Waals surface area contributed by atoms with Crippen molar-refractivity contribution >= 4 is 16.8 Å². The first-order valence-corrected chi connectivity index (χ1v) is 7.52. The molecule has 1 fully saturated rings. The molecule has 4 rings (SSSR count). The Hall–Kier alpha value is -2.56. The summed E-state index contributed by atoms with van der Waals surface area (Å²) in [7, 11) is 2.02. The maximum absolute atomic E-state index is 12.4. The van der Waals surface area contributed by atoms with E-state index in [1.54, 1.807) is 6.20 Å². The number of amides is 1. The van der Waals surface area contributed by atoms with E-state index in [4.69, 9.17) is 0 Å². The zero-order chi connectivity index (χ0) is 15.1. The molecule has 0 saturated carbocycles. The molecule has 0 atom stereocenters. The first kappa shape index (κ1) is 13.1. The van der Waals surface area contributed by atoms with Crippen LogP contribution in [0, 0.1) is 0 Å². The number of para-hydroxylation sites is 1. The highest BCUT2D eigenvalue weighted by Crippen LogP contribution is 2.24. The first-order valence-electron chi connectivity index (χ1n) is 7.52. The number of carbonyl (C=O) groups excluding carboxylic acids is 1. The third-order valence-electron chi connectivity index (χ3n) is 4.44. The molecular formula is C17H18N4O. The SMILES string of the molecule is Cn1cc(CC(=O)N2CC(n3cccn3)C2)c2ccccc21. The lowest BCUT2D eigenvalue weighted by atomic mass is 10.1. The second kappa shape index (κ2) is 5.02. The molecule has 5 nitrogen and oxygen atoms in total. The van der Waals surface area contributed by atoms with Crippen LogP contribution in [0.15, 0.2) is 48.9 Å². The quantitative estimate of drug-likeness (QED) is 0.741. The largest absolute Gasteiger partial charge is 0.350 e. The lowest BCUT2D eigenvalue weighted by Gasteiger charge is -2.39. The molecule has 3 heterocycles. The molecule has 1 aliphatic rings. The van der Waals surface area contributed by atoms with Gasteiger partial charge in [0.2, 0.25) is 5.91 Å². The lowest BCUT2D eigenvalue weighted by molar-refractivity contribution is -0.136. The van der Waals surface area contributed by atoms with Crippen LogP contribution in [-0.4, -0.2) is 38.2 Å². The van der Waals surface area contributed by atoms with Gasteiger partial charge in [0.1, 0.15) is 0 Å². The van der Waals surface area contributed by atoms with Crippen molar-refractivity contribution in [2.45, 2.75) is 12.5 Å². The van der Waals surface area contributed by atoms with Crippen molar-refractivity contribution < 1.29 is 4.79 Å². The van der Waals surface area contributed by atoms with E-state index in [-0.39, 0.29) is 5.91 Å². The summed E-state index contributed by atoms with van der Waals surface area (Å²) in [6.07, 6.45) is 6.26. The number of aryl methyl sites for hydroxylation is 1. The maximum Gasteiger partial charge on any atom is 0.227 e. The van der Waals surface area contributed by atoms with Crippen LogP contribution in [0.2, 0.25) is 0 Å². The Bertz CT molecular complexity index is 812. The van der Waals surface area contributed by atoms with Gasteiger partial charge in [-0.3, -0.25) is 9.48 Å². The van der Waals surface area contributed by atoms with Gasteiger partial charge in [0.05, 0.1) is 12.5 Å². The van der Waals surface area contributed by atoms with Gasteiger partial charge in [0.25, 0.3) is 0 Å². The van der Waals surface area contributed by atoms with Crippen molar-refractivity contribution in [2.24, 2.45) is 7.05 Å². The van der Waals surface area contributed by atoms with Gasteiger partial charge >= 0.3 is 0 Å². The minimum Gasteiger partial charge on any atom is -0.350 e. The van der Waals surface area contributed by atoms with Crippen LogP contribution in [0.1, 0.15) is 11.6 Å². The molecule has 112 valence electrons. The molecular weight excluding hydrogens is 276 g/mol. The van der Waals surface area contributed by atoms with E-state index in [1.807, 2.05) is 41.0 Å². The monoisotopic (exact) mass is 294 g/mol. The third-order valence-corrected chi connectivity index (χ3v) is 4.44. The molecule has 0 N–H and O–H groups in total. The number of fused-ring (bicyclic) bond motifs is 1. The summed E-state index contributed by atoms with van der Waals surface area (Å²) in [4.78, 5) is 14.4. The molecule has 0 unspecified atom stereocenters. The first-order chi connectivity index (χ1) is 10.7. The van der Waals surface area contributed by atoms with E-state index >= 15 is 0 Å². The van der Waals surface area contributed by atoms with Crippen LogP contribution in [-0.2, 0) is 18.3 Å². The van der Waals surface area contributed by atoms with Crippen molar-refractivity contribution in [2.75, 3.05) is 13.1 Å². The number of hydrogen-bond donors (Lipinski definition) is 0. The normalized spacial score (nSPS) is 15.2. The van der Waals surface area contributed by atoms with E-state index in [1.165, 1.54) is 10.9 Å². The average molecular weight is 294 g/mol. The molecule has 22 heavy (non-hydrogen) atoms. The fourth-order valence-electron chi connectivity index (χ4n) is 3.16. The molecule has 1 aromatic carbocycles. The second-order valence-corrected chi connectivity index (χ2v) is 5.90. The van der Waals surface area contributed by atoms with Crippen LogP contribution in [0.4, 0.5) is 0 Å². The number of rotatable bonds is 3. The summed E-state index contributed by atoms with van der Waals surface area (Å²) < 4.78 is 4.02. The van der Waals surface area contributed by atoms with Crippen molar-refractivity contribution in [3.63, 3.8) is 0 Å². The van der Waals surface area contributed by atoms with Gasteiger partial charge in [0.15, 0.2) is 0 Å². The van der Waals surface area contributed by atoms with Crippen molar-refractivity contribution in [1.29, 1.82) is 0 Å². The fraction of sp³-hybridized carbons (Fsp3) is 0.294. The van der Waals surface area contributed by atoms with Crippen molar-refractivity contribution in [1.82, 2.24) is 19.2 Å². The van der Waals surface area contributed by atoms with Gasteiger partial charge in [0, 0.05) is 49.6 Å². The molecule has 0 aliphatic carbocycles. The Morgan fingerprint density at radius 2 is 2.09 bits per heavy atom. The van der Waals surface area contributed by atoms with Crippen molar-refractivity contribution in [3.8, 4) is 0 Å². The van der Waals surface area contributed by atoms with Crippen molar-refractivity contribution in [3.05, 3.63) is 54.5 Å². The highest BCUT2D eigenvalue weighted by Gasteiger charge is 2.32. The Labute approximate surface area is 128 Å². The highest BCUT2D eigenvalue weighted by atomic mass is 16.2. The number of carbonyl (C=O) groups is 1. The summed E-state index contributed by atoms with van der Waals surface area (Å²) in [6, 6.07) is 10.5. The van der Waals surface area contributed by atoms with Gasteiger partial charge < -0.3 is 9.47 Å². The van der Waals surface area contributed by atoms with Crippen LogP contribution in [0.3, 0.4) is 0 Å². The fourth-order valence-corrected chi connectivity index (χ4v) is 3.16. The lowest BCUT2D eigenvalue weighted by Crippen LogP contribution is -2.51. The predicted molar refractivity (Wildman–Crippen MR) is 84.5 cm³/mol. The summed E-state index contributed by atoms with van der Waals surface area (Å²) >= 11 is 0.